The van der Waals surface area contributed by atoms with E-state index in [0.29, 0.717) is 32.5 Å². The Hall–Kier alpha value is -3.46. The zero-order chi connectivity index (χ0) is 30.2. The van der Waals surface area contributed by atoms with Crippen molar-refractivity contribution >= 4 is 33.3 Å². The van der Waals surface area contributed by atoms with Gasteiger partial charge in [-0.05, 0) is 67.7 Å². The van der Waals surface area contributed by atoms with Gasteiger partial charge in [-0.25, -0.2) is 8.42 Å². The molecule has 2 aromatic carbocycles. The molecule has 6 rings (SSSR count). The molecule has 4 atom stereocenters. The average Bonchev–Trinajstić information content (AvgIpc) is 3.93. The molecular weight excluding hydrogens is 562 g/mol. The van der Waals surface area contributed by atoms with Crippen molar-refractivity contribution in [2.24, 2.45) is 17.3 Å². The van der Waals surface area contributed by atoms with Crippen molar-refractivity contribution in [1.29, 1.82) is 0 Å². The lowest BCUT2D eigenvalue weighted by Crippen LogP contribution is -2.46. The minimum Gasteiger partial charge on any atom is -0.351 e. The molecule has 4 aliphatic rings. The van der Waals surface area contributed by atoms with Crippen LogP contribution >= 0.6 is 0 Å². The molecule has 0 radical (unpaired) electrons. The zero-order valence-corrected chi connectivity index (χ0v) is 25.6. The summed E-state index contributed by atoms with van der Waals surface area (Å²) in [6.07, 6.45) is 10.1. The molecule has 3 fully saturated rings. The molecule has 0 bridgehead atoms. The lowest BCUT2D eigenvalue weighted by atomic mass is 9.91. The van der Waals surface area contributed by atoms with Crippen molar-refractivity contribution in [3.63, 3.8) is 0 Å². The molecule has 1 N–H and O–H groups in total. The van der Waals surface area contributed by atoms with Crippen LogP contribution in [0.4, 0.5) is 5.69 Å². The number of nitrogens with zero attached hydrogens (tertiary/aromatic N) is 2. The summed E-state index contributed by atoms with van der Waals surface area (Å²) in [6, 6.07) is 17.5. The number of amides is 2. The topological polar surface area (TPSA) is 104 Å². The van der Waals surface area contributed by atoms with Crippen LogP contribution in [-0.2, 0) is 24.4 Å². The number of fused-ring (bicyclic) bond motifs is 2. The van der Waals surface area contributed by atoms with Crippen LogP contribution in [0.1, 0.15) is 64.7 Å². The molecule has 228 valence electrons. The summed E-state index contributed by atoms with van der Waals surface area (Å²) in [7, 11) is -3.74. The van der Waals surface area contributed by atoms with Gasteiger partial charge in [-0.1, -0.05) is 74.4 Å². The molecule has 2 heterocycles. The fourth-order valence-electron chi connectivity index (χ4n) is 6.64. The lowest BCUT2D eigenvalue weighted by Gasteiger charge is -2.27. The van der Waals surface area contributed by atoms with E-state index in [1.54, 1.807) is 4.90 Å². The highest BCUT2D eigenvalue weighted by atomic mass is 32.2. The van der Waals surface area contributed by atoms with Crippen LogP contribution in [0, 0.1) is 17.3 Å². The number of benzene rings is 2. The molecule has 0 spiro atoms. The molecule has 2 aliphatic carbocycles. The SMILES string of the molecule is C[C@H]1CCCCC/C=C\[C@@H]2C[C@@]2(C(=O)NS(=O)(=O)C2CC2)CC(=O)[C@@H]2CN(c3ccc(-c4ccccc4)cc3)CN2C1=O. The Balaban J connectivity index is 1.26. The number of carbonyl (C=O) groups is 3. The third-order valence-corrected chi connectivity index (χ3v) is 11.5. The first kappa shape index (κ1) is 29.6. The van der Waals surface area contributed by atoms with E-state index in [0.717, 1.165) is 48.9 Å². The summed E-state index contributed by atoms with van der Waals surface area (Å²) in [6.45, 7) is 2.57. The maximum atomic E-state index is 14.1. The Labute approximate surface area is 254 Å². The van der Waals surface area contributed by atoms with Gasteiger partial charge in [-0.15, -0.1) is 0 Å². The summed E-state index contributed by atoms with van der Waals surface area (Å²) >= 11 is 0. The molecule has 43 heavy (non-hydrogen) atoms. The van der Waals surface area contributed by atoms with E-state index in [9.17, 15) is 22.8 Å². The van der Waals surface area contributed by atoms with Gasteiger partial charge < -0.3 is 9.80 Å². The van der Waals surface area contributed by atoms with Crippen LogP contribution in [-0.4, -0.2) is 55.4 Å². The van der Waals surface area contributed by atoms with E-state index in [1.165, 1.54) is 0 Å². The van der Waals surface area contributed by atoms with Crippen LogP contribution in [0.3, 0.4) is 0 Å². The summed E-state index contributed by atoms with van der Waals surface area (Å²) < 4.78 is 27.7. The van der Waals surface area contributed by atoms with Crippen LogP contribution in [0.15, 0.2) is 66.7 Å². The predicted octanol–water partition coefficient (Wildman–Crippen LogP) is 5.06. The summed E-state index contributed by atoms with van der Waals surface area (Å²) in [5.41, 5.74) is 2.02. The summed E-state index contributed by atoms with van der Waals surface area (Å²) in [4.78, 5) is 45.1. The predicted molar refractivity (Wildman–Crippen MR) is 166 cm³/mol. The largest absolute Gasteiger partial charge is 0.351 e. The molecule has 0 aromatic heterocycles. The molecule has 1 saturated heterocycles. The number of anilines is 1. The Kier molecular flexibility index (Phi) is 8.20. The number of Topliss-reactive ketones (excluding diaryl/α,β-unsaturated/α-hetero) is 1. The number of hydrogen-bond donors (Lipinski definition) is 1. The van der Waals surface area contributed by atoms with Gasteiger partial charge in [0.1, 0.15) is 6.04 Å². The van der Waals surface area contributed by atoms with Gasteiger partial charge >= 0.3 is 0 Å². The molecule has 2 amide bonds. The normalized spacial score (nSPS) is 29.2. The number of nitrogens with one attached hydrogen (secondary N) is 1. The average molecular weight is 604 g/mol. The second-order valence-electron chi connectivity index (χ2n) is 12.9. The maximum Gasteiger partial charge on any atom is 0.240 e. The van der Waals surface area contributed by atoms with E-state index in [1.807, 2.05) is 55.5 Å². The highest BCUT2D eigenvalue weighted by molar-refractivity contribution is 7.90. The quantitative estimate of drug-likeness (QED) is 0.480. The maximum absolute atomic E-state index is 14.1. The first-order valence-electron chi connectivity index (χ1n) is 15.6. The smallest absolute Gasteiger partial charge is 0.240 e. The van der Waals surface area contributed by atoms with Crippen molar-refractivity contribution in [1.82, 2.24) is 9.62 Å². The molecule has 2 aromatic rings. The standard InChI is InChI=1S/C34H41N3O5S/c1-24-10-6-3-2-4-9-13-27-20-34(27,33(40)35-43(41,42)29-18-19-29)21-31(38)30-22-36(23-37(30)32(24)39)28-16-14-26(15-17-28)25-11-7-5-8-12-25/h5,7-9,11-17,24,27,29-30H,2-4,6,10,18-23H2,1H3,(H,35,40)/b13-9-/t24-,27+,30-,34+/m0/s1. The van der Waals surface area contributed by atoms with Crippen molar-refractivity contribution < 1.29 is 22.8 Å². The van der Waals surface area contributed by atoms with Gasteiger partial charge in [0.2, 0.25) is 21.8 Å². The molecule has 2 aliphatic heterocycles. The van der Waals surface area contributed by atoms with Crippen LogP contribution in [0.5, 0.6) is 0 Å². The van der Waals surface area contributed by atoms with Crippen molar-refractivity contribution in [3.8, 4) is 11.1 Å². The second kappa shape index (κ2) is 11.9. The lowest BCUT2D eigenvalue weighted by molar-refractivity contribution is -0.141. The molecule has 0 unspecified atom stereocenters. The van der Waals surface area contributed by atoms with E-state index in [2.05, 4.69) is 27.8 Å². The van der Waals surface area contributed by atoms with Crippen molar-refractivity contribution in [3.05, 3.63) is 66.7 Å². The monoisotopic (exact) mass is 603 g/mol. The van der Waals surface area contributed by atoms with Crippen LogP contribution < -0.4 is 9.62 Å². The Morgan fingerprint density at radius 3 is 2.37 bits per heavy atom. The third kappa shape index (κ3) is 6.28. The minimum atomic E-state index is -3.74. The molecule has 2 saturated carbocycles. The van der Waals surface area contributed by atoms with E-state index < -0.39 is 32.6 Å². The number of carbonyl (C=O) groups excluding carboxylic acids is 3. The highest BCUT2D eigenvalue weighted by Gasteiger charge is 2.61. The van der Waals surface area contributed by atoms with E-state index >= 15 is 0 Å². The second-order valence-corrected chi connectivity index (χ2v) is 14.8. The van der Waals surface area contributed by atoms with Gasteiger partial charge in [0, 0.05) is 24.6 Å². The number of hydrogen-bond acceptors (Lipinski definition) is 6. The zero-order valence-electron chi connectivity index (χ0n) is 24.8. The van der Waals surface area contributed by atoms with Crippen molar-refractivity contribution in [2.75, 3.05) is 18.1 Å². The van der Waals surface area contributed by atoms with Crippen LogP contribution in [0.25, 0.3) is 11.1 Å². The molecule has 8 nitrogen and oxygen atoms in total. The van der Waals surface area contributed by atoms with Gasteiger partial charge in [0.25, 0.3) is 0 Å². The van der Waals surface area contributed by atoms with Crippen molar-refractivity contribution in [2.45, 2.75) is 76.0 Å². The Morgan fingerprint density at radius 2 is 1.65 bits per heavy atom. The number of allylic oxidation sites excluding steroid dienone is 2. The fraction of sp³-hybridized carbons (Fsp3) is 0.500. The molecule has 9 heteroatoms. The fourth-order valence-corrected chi connectivity index (χ4v) is 8.02. The summed E-state index contributed by atoms with van der Waals surface area (Å²) in [5, 5.41) is -0.523. The Morgan fingerprint density at radius 1 is 0.930 bits per heavy atom. The Bertz CT molecular complexity index is 1500. The van der Waals surface area contributed by atoms with Gasteiger partial charge in [0.05, 0.1) is 17.3 Å². The molecular formula is C34H41N3O5S. The van der Waals surface area contributed by atoms with E-state index in [-0.39, 0.29) is 29.9 Å². The number of sulfonamides is 1. The minimum absolute atomic E-state index is 0.0445. The number of rotatable bonds is 5. The highest BCUT2D eigenvalue weighted by Crippen LogP contribution is 2.57. The van der Waals surface area contributed by atoms with E-state index in [4.69, 9.17) is 0 Å². The van der Waals surface area contributed by atoms with Gasteiger partial charge in [-0.2, -0.15) is 0 Å². The van der Waals surface area contributed by atoms with Crippen LogP contribution in [0.2, 0.25) is 0 Å². The van der Waals surface area contributed by atoms with Gasteiger partial charge in [-0.3, -0.25) is 19.1 Å². The third-order valence-electron chi connectivity index (χ3n) is 9.66. The summed E-state index contributed by atoms with van der Waals surface area (Å²) in [5.74, 6) is -1.22. The number of ketones is 1. The first-order chi connectivity index (χ1) is 20.7. The van der Waals surface area contributed by atoms with Gasteiger partial charge in [0.15, 0.2) is 5.78 Å². The first-order valence-corrected chi connectivity index (χ1v) is 17.2.